The summed E-state index contributed by atoms with van der Waals surface area (Å²) in [5.74, 6) is 0.716. The molecule has 2 aliphatic rings. The number of benzene rings is 1. The molecule has 1 atom stereocenters. The van der Waals surface area contributed by atoms with E-state index in [0.717, 1.165) is 39.4 Å². The van der Waals surface area contributed by atoms with Gasteiger partial charge >= 0.3 is 0 Å². The van der Waals surface area contributed by atoms with Crippen molar-refractivity contribution in [2.75, 3.05) is 44.3 Å². The molecule has 3 heteroatoms. The molecule has 2 heterocycles. The van der Waals surface area contributed by atoms with Crippen LogP contribution in [0.2, 0.25) is 0 Å². The van der Waals surface area contributed by atoms with Gasteiger partial charge in [-0.2, -0.15) is 0 Å². The van der Waals surface area contributed by atoms with Gasteiger partial charge in [-0.05, 0) is 36.6 Å². The fourth-order valence-corrected chi connectivity index (χ4v) is 2.72. The lowest BCUT2D eigenvalue weighted by Gasteiger charge is -2.29. The standard InChI is InChI=1S/C14H20N2O/c1-3-14(16-7-9-17-10-8-16)4-2-12(1)13-5-6-15-11-13/h1-4,13,15H,5-11H2. The summed E-state index contributed by atoms with van der Waals surface area (Å²) in [6.45, 7) is 6.05. The van der Waals surface area contributed by atoms with Crippen molar-refractivity contribution >= 4 is 5.69 Å². The smallest absolute Gasteiger partial charge is 0.0642 e. The van der Waals surface area contributed by atoms with Crippen molar-refractivity contribution in [3.8, 4) is 0 Å². The van der Waals surface area contributed by atoms with Gasteiger partial charge in [0.15, 0.2) is 0 Å². The number of morpholine rings is 1. The maximum absolute atomic E-state index is 5.38. The predicted molar refractivity (Wildman–Crippen MR) is 69.7 cm³/mol. The summed E-state index contributed by atoms with van der Waals surface area (Å²) < 4.78 is 5.38. The van der Waals surface area contributed by atoms with Crippen LogP contribution in [0.15, 0.2) is 24.3 Å². The summed E-state index contributed by atoms with van der Waals surface area (Å²) >= 11 is 0. The summed E-state index contributed by atoms with van der Waals surface area (Å²) in [6.07, 6.45) is 1.27. The van der Waals surface area contributed by atoms with Crippen molar-refractivity contribution in [2.24, 2.45) is 0 Å². The van der Waals surface area contributed by atoms with Gasteiger partial charge in [0.05, 0.1) is 13.2 Å². The van der Waals surface area contributed by atoms with Crippen LogP contribution in [0.25, 0.3) is 0 Å². The minimum atomic E-state index is 0.716. The molecule has 0 aliphatic carbocycles. The van der Waals surface area contributed by atoms with Crippen LogP contribution < -0.4 is 10.2 Å². The lowest BCUT2D eigenvalue weighted by molar-refractivity contribution is 0.122. The highest BCUT2D eigenvalue weighted by Crippen LogP contribution is 2.25. The van der Waals surface area contributed by atoms with Crippen LogP contribution in [0.4, 0.5) is 5.69 Å². The van der Waals surface area contributed by atoms with Crippen molar-refractivity contribution in [3.63, 3.8) is 0 Å². The van der Waals surface area contributed by atoms with Crippen LogP contribution in [-0.2, 0) is 4.74 Å². The molecule has 1 unspecified atom stereocenters. The molecule has 0 saturated carbocycles. The van der Waals surface area contributed by atoms with Crippen LogP contribution in [0, 0.1) is 0 Å². The molecule has 3 nitrogen and oxygen atoms in total. The van der Waals surface area contributed by atoms with E-state index in [9.17, 15) is 0 Å². The highest BCUT2D eigenvalue weighted by Gasteiger charge is 2.17. The van der Waals surface area contributed by atoms with E-state index in [1.807, 2.05) is 0 Å². The van der Waals surface area contributed by atoms with Gasteiger partial charge in [-0.3, -0.25) is 0 Å². The molecule has 1 aromatic carbocycles. The highest BCUT2D eigenvalue weighted by atomic mass is 16.5. The molecular weight excluding hydrogens is 212 g/mol. The number of ether oxygens (including phenoxy) is 1. The fourth-order valence-electron chi connectivity index (χ4n) is 2.72. The molecule has 0 bridgehead atoms. The number of anilines is 1. The van der Waals surface area contributed by atoms with Crippen LogP contribution in [0.5, 0.6) is 0 Å². The third kappa shape index (κ3) is 2.45. The third-order valence-electron chi connectivity index (χ3n) is 3.80. The molecule has 0 aromatic heterocycles. The lowest BCUT2D eigenvalue weighted by Crippen LogP contribution is -2.36. The first kappa shape index (κ1) is 11.1. The van der Waals surface area contributed by atoms with Crippen molar-refractivity contribution in [1.29, 1.82) is 0 Å². The molecule has 2 saturated heterocycles. The molecule has 1 aromatic rings. The monoisotopic (exact) mass is 232 g/mol. The number of hydrogen-bond acceptors (Lipinski definition) is 3. The van der Waals surface area contributed by atoms with Crippen LogP contribution in [0.1, 0.15) is 17.9 Å². The zero-order chi connectivity index (χ0) is 11.5. The Labute approximate surface area is 103 Å². The van der Waals surface area contributed by atoms with Crippen LogP contribution in [-0.4, -0.2) is 39.4 Å². The van der Waals surface area contributed by atoms with Crippen LogP contribution >= 0.6 is 0 Å². The number of hydrogen-bond donors (Lipinski definition) is 1. The number of rotatable bonds is 2. The quantitative estimate of drug-likeness (QED) is 0.838. The van der Waals surface area contributed by atoms with E-state index in [4.69, 9.17) is 4.74 Å². The zero-order valence-electron chi connectivity index (χ0n) is 10.2. The van der Waals surface area contributed by atoms with E-state index in [1.54, 1.807) is 0 Å². The van der Waals surface area contributed by atoms with Gasteiger partial charge < -0.3 is 15.0 Å². The Morgan fingerprint density at radius 2 is 1.88 bits per heavy atom. The second kappa shape index (κ2) is 5.07. The normalized spacial score (nSPS) is 25.2. The molecule has 2 fully saturated rings. The third-order valence-corrected chi connectivity index (χ3v) is 3.80. The zero-order valence-corrected chi connectivity index (χ0v) is 10.2. The molecule has 0 radical (unpaired) electrons. The Morgan fingerprint density at radius 1 is 1.12 bits per heavy atom. The summed E-state index contributed by atoms with van der Waals surface area (Å²) in [5, 5.41) is 3.42. The first-order valence-corrected chi connectivity index (χ1v) is 6.57. The fraction of sp³-hybridized carbons (Fsp3) is 0.571. The molecule has 3 rings (SSSR count). The molecule has 1 N–H and O–H groups in total. The van der Waals surface area contributed by atoms with Gasteiger partial charge in [0.2, 0.25) is 0 Å². The van der Waals surface area contributed by atoms with Crippen molar-refractivity contribution in [3.05, 3.63) is 29.8 Å². The van der Waals surface area contributed by atoms with E-state index in [1.165, 1.54) is 17.7 Å². The largest absolute Gasteiger partial charge is 0.378 e. The molecule has 92 valence electrons. The number of nitrogens with zero attached hydrogens (tertiary/aromatic N) is 1. The van der Waals surface area contributed by atoms with Gasteiger partial charge in [0, 0.05) is 25.3 Å². The van der Waals surface area contributed by atoms with Gasteiger partial charge in [0.1, 0.15) is 0 Å². The van der Waals surface area contributed by atoms with Gasteiger partial charge in [0.25, 0.3) is 0 Å². The minimum Gasteiger partial charge on any atom is -0.378 e. The van der Waals surface area contributed by atoms with Crippen molar-refractivity contribution in [2.45, 2.75) is 12.3 Å². The van der Waals surface area contributed by atoms with E-state index < -0.39 is 0 Å². The second-order valence-corrected chi connectivity index (χ2v) is 4.88. The minimum absolute atomic E-state index is 0.716. The van der Waals surface area contributed by atoms with Crippen molar-refractivity contribution in [1.82, 2.24) is 5.32 Å². The number of nitrogens with one attached hydrogen (secondary N) is 1. The topological polar surface area (TPSA) is 24.5 Å². The van der Waals surface area contributed by atoms with Crippen molar-refractivity contribution < 1.29 is 4.74 Å². The van der Waals surface area contributed by atoms with E-state index in [-0.39, 0.29) is 0 Å². The summed E-state index contributed by atoms with van der Waals surface area (Å²) in [4.78, 5) is 2.40. The Hall–Kier alpha value is -1.06. The van der Waals surface area contributed by atoms with Gasteiger partial charge in [-0.15, -0.1) is 0 Å². The Morgan fingerprint density at radius 3 is 2.53 bits per heavy atom. The maximum atomic E-state index is 5.38. The lowest BCUT2D eigenvalue weighted by atomic mass is 9.98. The maximum Gasteiger partial charge on any atom is 0.0642 e. The van der Waals surface area contributed by atoms with Crippen LogP contribution in [0.3, 0.4) is 0 Å². The first-order chi connectivity index (χ1) is 8.43. The summed E-state index contributed by atoms with van der Waals surface area (Å²) in [7, 11) is 0. The SMILES string of the molecule is c1cc(N2CCOCC2)ccc1C1CCNC1. The highest BCUT2D eigenvalue weighted by molar-refractivity contribution is 5.48. The average molecular weight is 232 g/mol. The molecule has 0 spiro atoms. The van der Waals surface area contributed by atoms with E-state index >= 15 is 0 Å². The second-order valence-electron chi connectivity index (χ2n) is 4.88. The molecule has 2 aliphatic heterocycles. The molecule has 17 heavy (non-hydrogen) atoms. The Kier molecular flexibility index (Phi) is 3.29. The molecule has 0 amide bonds. The first-order valence-electron chi connectivity index (χ1n) is 6.57. The van der Waals surface area contributed by atoms with E-state index in [0.29, 0.717) is 5.92 Å². The molecular formula is C14H20N2O. The van der Waals surface area contributed by atoms with Gasteiger partial charge in [-0.1, -0.05) is 12.1 Å². The average Bonchev–Trinajstić information content (AvgIpc) is 2.94. The summed E-state index contributed by atoms with van der Waals surface area (Å²) in [5.41, 5.74) is 2.81. The van der Waals surface area contributed by atoms with Gasteiger partial charge in [-0.25, -0.2) is 0 Å². The summed E-state index contributed by atoms with van der Waals surface area (Å²) in [6, 6.07) is 9.11. The Balaban J connectivity index is 1.70. The Bertz CT molecular complexity index is 351. The van der Waals surface area contributed by atoms with E-state index in [2.05, 4.69) is 34.5 Å². The predicted octanol–water partition coefficient (Wildman–Crippen LogP) is 1.60.